The van der Waals surface area contributed by atoms with Gasteiger partial charge in [-0.2, -0.15) is 5.26 Å². The number of benzene rings is 2. The van der Waals surface area contributed by atoms with Gasteiger partial charge in [0.2, 0.25) is 0 Å². The Kier molecular flexibility index (Phi) is 4.30. The SMILES string of the molecule is N#Cc1ccc(-c2csc(Nc3ccc(Cl)c(Cl)c3)n2)cc1. The van der Waals surface area contributed by atoms with Crippen molar-refractivity contribution in [2.75, 3.05) is 5.32 Å². The Morgan fingerprint density at radius 2 is 1.82 bits per heavy atom. The zero-order chi connectivity index (χ0) is 15.5. The minimum Gasteiger partial charge on any atom is -0.331 e. The number of rotatable bonds is 3. The highest BCUT2D eigenvalue weighted by Gasteiger charge is 2.06. The van der Waals surface area contributed by atoms with Crippen LogP contribution in [0.5, 0.6) is 0 Å². The van der Waals surface area contributed by atoms with Crippen LogP contribution in [0.25, 0.3) is 11.3 Å². The molecule has 0 unspecified atom stereocenters. The lowest BCUT2D eigenvalue weighted by atomic mass is 10.1. The van der Waals surface area contributed by atoms with Gasteiger partial charge < -0.3 is 5.32 Å². The van der Waals surface area contributed by atoms with E-state index in [2.05, 4.69) is 16.4 Å². The summed E-state index contributed by atoms with van der Waals surface area (Å²) in [5.41, 5.74) is 3.29. The molecule has 0 amide bonds. The topological polar surface area (TPSA) is 48.7 Å². The second kappa shape index (κ2) is 6.37. The summed E-state index contributed by atoms with van der Waals surface area (Å²) >= 11 is 13.4. The van der Waals surface area contributed by atoms with Crippen molar-refractivity contribution < 1.29 is 0 Å². The summed E-state index contributed by atoms with van der Waals surface area (Å²) in [7, 11) is 0. The quantitative estimate of drug-likeness (QED) is 0.659. The molecule has 0 radical (unpaired) electrons. The molecule has 0 saturated carbocycles. The first kappa shape index (κ1) is 14.9. The first-order valence-electron chi connectivity index (χ1n) is 6.34. The van der Waals surface area contributed by atoms with E-state index < -0.39 is 0 Å². The predicted octanol–water partition coefficient (Wildman–Crippen LogP) is 5.73. The van der Waals surface area contributed by atoms with Crippen molar-refractivity contribution in [3.05, 3.63) is 63.5 Å². The van der Waals surface area contributed by atoms with Crippen LogP contribution in [0.4, 0.5) is 10.8 Å². The Hall–Kier alpha value is -2.06. The summed E-state index contributed by atoms with van der Waals surface area (Å²) < 4.78 is 0. The number of hydrogen-bond acceptors (Lipinski definition) is 4. The fourth-order valence-corrected chi connectivity index (χ4v) is 2.91. The van der Waals surface area contributed by atoms with E-state index in [1.165, 1.54) is 11.3 Å². The Labute approximate surface area is 141 Å². The number of nitriles is 1. The molecule has 108 valence electrons. The minimum absolute atomic E-state index is 0.496. The average molecular weight is 346 g/mol. The molecule has 0 aliphatic heterocycles. The summed E-state index contributed by atoms with van der Waals surface area (Å²) in [6.07, 6.45) is 0. The standard InChI is InChI=1S/C16H9Cl2N3S/c17-13-6-5-12(7-14(13)18)20-16-21-15(9-22-16)11-3-1-10(8-19)2-4-11/h1-7,9H,(H,20,21). The summed E-state index contributed by atoms with van der Waals surface area (Å²) in [4.78, 5) is 4.53. The monoisotopic (exact) mass is 345 g/mol. The van der Waals surface area contributed by atoms with E-state index in [0.717, 1.165) is 22.1 Å². The molecule has 0 fully saturated rings. The number of aromatic nitrogens is 1. The molecule has 0 aliphatic carbocycles. The Bertz CT molecular complexity index is 851. The average Bonchev–Trinajstić information content (AvgIpc) is 2.99. The molecule has 3 nitrogen and oxygen atoms in total. The van der Waals surface area contributed by atoms with Crippen molar-refractivity contribution in [1.82, 2.24) is 4.98 Å². The maximum atomic E-state index is 8.82. The Balaban J connectivity index is 1.81. The predicted molar refractivity (Wildman–Crippen MR) is 92.0 cm³/mol. The van der Waals surface area contributed by atoms with Crippen molar-refractivity contribution in [2.45, 2.75) is 0 Å². The van der Waals surface area contributed by atoms with Crippen LogP contribution in [0.1, 0.15) is 5.56 Å². The van der Waals surface area contributed by atoms with E-state index in [9.17, 15) is 0 Å². The van der Waals surface area contributed by atoms with Gasteiger partial charge >= 0.3 is 0 Å². The van der Waals surface area contributed by atoms with Crippen LogP contribution in [0.15, 0.2) is 47.8 Å². The molecule has 0 spiro atoms. The van der Waals surface area contributed by atoms with Crippen LogP contribution in [0, 0.1) is 11.3 Å². The number of thiazole rings is 1. The van der Waals surface area contributed by atoms with E-state index in [4.69, 9.17) is 28.5 Å². The third kappa shape index (κ3) is 3.23. The second-order valence-electron chi connectivity index (χ2n) is 4.48. The van der Waals surface area contributed by atoms with Gasteiger partial charge in [-0.25, -0.2) is 4.98 Å². The number of nitrogens with one attached hydrogen (secondary N) is 1. The van der Waals surface area contributed by atoms with Crippen LogP contribution in [0.3, 0.4) is 0 Å². The summed E-state index contributed by atoms with van der Waals surface area (Å²) in [6, 6.07) is 14.8. The molecular formula is C16H9Cl2N3S. The molecule has 22 heavy (non-hydrogen) atoms. The van der Waals surface area contributed by atoms with Gasteiger partial charge in [0.1, 0.15) is 0 Å². The molecule has 1 aromatic heterocycles. The molecule has 2 aromatic carbocycles. The van der Waals surface area contributed by atoms with Gasteiger partial charge in [-0.1, -0.05) is 35.3 Å². The van der Waals surface area contributed by atoms with Crippen molar-refractivity contribution >= 4 is 45.4 Å². The molecule has 0 atom stereocenters. The van der Waals surface area contributed by atoms with Crippen molar-refractivity contribution in [1.29, 1.82) is 5.26 Å². The molecule has 0 aliphatic rings. The Morgan fingerprint density at radius 1 is 1.05 bits per heavy atom. The highest BCUT2D eigenvalue weighted by Crippen LogP contribution is 2.30. The van der Waals surface area contributed by atoms with Crippen LogP contribution in [0.2, 0.25) is 10.0 Å². The first-order chi connectivity index (χ1) is 10.7. The number of hydrogen-bond donors (Lipinski definition) is 1. The van der Waals surface area contributed by atoms with Crippen molar-refractivity contribution in [3.63, 3.8) is 0 Å². The van der Waals surface area contributed by atoms with Gasteiger partial charge in [-0.3, -0.25) is 0 Å². The maximum Gasteiger partial charge on any atom is 0.187 e. The molecule has 3 aromatic rings. The summed E-state index contributed by atoms with van der Waals surface area (Å²) in [5, 5.41) is 15.7. The maximum absolute atomic E-state index is 8.82. The lowest BCUT2D eigenvalue weighted by molar-refractivity contribution is 1.38. The number of halogens is 2. The highest BCUT2D eigenvalue weighted by atomic mass is 35.5. The third-order valence-corrected chi connectivity index (χ3v) is 4.48. The highest BCUT2D eigenvalue weighted by molar-refractivity contribution is 7.14. The van der Waals surface area contributed by atoms with E-state index in [0.29, 0.717) is 15.6 Å². The van der Waals surface area contributed by atoms with Crippen LogP contribution < -0.4 is 5.32 Å². The van der Waals surface area contributed by atoms with Crippen LogP contribution in [-0.2, 0) is 0 Å². The van der Waals surface area contributed by atoms with E-state index in [-0.39, 0.29) is 0 Å². The molecule has 3 rings (SSSR count). The van der Waals surface area contributed by atoms with Gasteiger partial charge in [-0.05, 0) is 30.3 Å². The van der Waals surface area contributed by atoms with Crippen molar-refractivity contribution in [3.8, 4) is 17.3 Å². The largest absolute Gasteiger partial charge is 0.331 e. The lowest BCUT2D eigenvalue weighted by Gasteiger charge is -2.03. The van der Waals surface area contributed by atoms with E-state index in [1.54, 1.807) is 24.3 Å². The van der Waals surface area contributed by atoms with Gasteiger partial charge in [0.15, 0.2) is 5.13 Å². The van der Waals surface area contributed by atoms with Gasteiger partial charge in [-0.15, -0.1) is 11.3 Å². The molecular weight excluding hydrogens is 337 g/mol. The van der Waals surface area contributed by atoms with Gasteiger partial charge in [0.25, 0.3) is 0 Å². The zero-order valence-corrected chi connectivity index (χ0v) is 13.5. The van der Waals surface area contributed by atoms with Crippen LogP contribution >= 0.6 is 34.5 Å². The van der Waals surface area contributed by atoms with Crippen molar-refractivity contribution in [2.24, 2.45) is 0 Å². The fraction of sp³-hybridized carbons (Fsp3) is 0. The van der Waals surface area contributed by atoms with E-state index >= 15 is 0 Å². The van der Waals surface area contributed by atoms with Gasteiger partial charge in [0.05, 0.1) is 27.4 Å². The first-order valence-corrected chi connectivity index (χ1v) is 7.97. The summed E-state index contributed by atoms with van der Waals surface area (Å²) in [6.45, 7) is 0. The smallest absolute Gasteiger partial charge is 0.187 e. The van der Waals surface area contributed by atoms with E-state index in [1.807, 2.05) is 23.6 Å². The zero-order valence-electron chi connectivity index (χ0n) is 11.2. The molecule has 0 bridgehead atoms. The van der Waals surface area contributed by atoms with Crippen LogP contribution in [-0.4, -0.2) is 4.98 Å². The normalized spacial score (nSPS) is 10.2. The minimum atomic E-state index is 0.496. The molecule has 1 N–H and O–H groups in total. The number of nitrogens with zero attached hydrogens (tertiary/aromatic N) is 2. The van der Waals surface area contributed by atoms with Gasteiger partial charge in [0, 0.05) is 16.6 Å². The molecule has 6 heteroatoms. The number of anilines is 2. The Morgan fingerprint density at radius 3 is 2.50 bits per heavy atom. The fourth-order valence-electron chi connectivity index (χ4n) is 1.88. The molecule has 0 saturated heterocycles. The lowest BCUT2D eigenvalue weighted by Crippen LogP contribution is -1.89. The summed E-state index contributed by atoms with van der Waals surface area (Å²) in [5.74, 6) is 0. The third-order valence-electron chi connectivity index (χ3n) is 2.98. The second-order valence-corrected chi connectivity index (χ2v) is 6.15. The molecule has 1 heterocycles.